The van der Waals surface area contributed by atoms with E-state index in [1.54, 1.807) is 28.4 Å². The van der Waals surface area contributed by atoms with Crippen LogP contribution in [0.25, 0.3) is 22.3 Å². The summed E-state index contributed by atoms with van der Waals surface area (Å²) in [5.74, 6) is 4.62. The van der Waals surface area contributed by atoms with Crippen LogP contribution in [0.15, 0.2) is 48.5 Å². The summed E-state index contributed by atoms with van der Waals surface area (Å²) in [6.07, 6.45) is 0. The van der Waals surface area contributed by atoms with E-state index in [1.165, 1.54) is 0 Å². The average Bonchev–Trinajstić information content (AvgIpc) is 3.26. The zero-order chi connectivity index (χ0) is 41.4. The van der Waals surface area contributed by atoms with Crippen LogP contribution in [0.2, 0.25) is 0 Å². The molecule has 1 aliphatic rings. The van der Waals surface area contributed by atoms with E-state index in [9.17, 15) is 5.11 Å². The average molecular weight is 893 g/mol. The van der Waals surface area contributed by atoms with Crippen LogP contribution in [0.4, 0.5) is 0 Å². The van der Waals surface area contributed by atoms with Gasteiger partial charge in [-0.1, -0.05) is 83.1 Å². The van der Waals surface area contributed by atoms with E-state index in [4.69, 9.17) is 37.3 Å². The molecule has 0 saturated carbocycles. The van der Waals surface area contributed by atoms with Gasteiger partial charge in [0, 0.05) is 44.5 Å². The Balaban J connectivity index is 0.00000276. The first-order valence-electron chi connectivity index (χ1n) is 18.3. The summed E-state index contributed by atoms with van der Waals surface area (Å²) < 4.78 is 44.7. The Kier molecular flexibility index (Phi) is 15.8. The monoisotopic (exact) mass is 892 g/mol. The summed E-state index contributed by atoms with van der Waals surface area (Å²) in [7, 11) is 3.92. The Morgan fingerprint density at radius 1 is 0.491 bits per heavy atom. The van der Waals surface area contributed by atoms with Gasteiger partial charge in [0.05, 0.1) is 28.4 Å². The van der Waals surface area contributed by atoms with Gasteiger partial charge < -0.3 is 36.3 Å². The zero-order valence-corrected chi connectivity index (χ0v) is 39.4. The van der Waals surface area contributed by atoms with Gasteiger partial charge in [-0.05, 0) is 70.2 Å². The van der Waals surface area contributed by atoms with Crippen LogP contribution in [0, 0.1) is 7.43 Å². The van der Waals surface area contributed by atoms with Gasteiger partial charge in [0.15, 0.2) is 17.2 Å². The Hall–Kier alpha value is -4.00. The smallest absolute Gasteiger partial charge is 0.545 e. The minimum absolute atomic E-state index is 0. The molecule has 0 atom stereocenters. The largest absolute Gasteiger partial charge is 2.00 e. The van der Waals surface area contributed by atoms with Crippen LogP contribution in [0.5, 0.6) is 46.0 Å². The maximum atomic E-state index is 12.0. The molecule has 0 aromatic heterocycles. The predicted molar refractivity (Wildman–Crippen MR) is 230 cm³/mol. The Labute approximate surface area is 355 Å². The topological polar surface area (TPSA) is 102 Å². The van der Waals surface area contributed by atoms with Gasteiger partial charge in [0.25, 0.3) is 0 Å². The van der Waals surface area contributed by atoms with E-state index in [-0.39, 0.29) is 48.9 Å². The molecule has 5 rings (SSSR count). The Bertz CT molecular complexity index is 1960. The standard InChI is InChI=1S/C44H57O8P.CHO.CH3.Rh/c1-41(2,3)33-21-25(46-13)17-29(37(33)45)30-18-26(47-14)22-34(42(4,5)6)38(30)50-53-51-39-31(19-27(48-15)23-35(39)43(7,8)9)32-20-28(49-16)24-36(40(32)52-53)44(10,11)12;1-2;;/h17-24,53H,1-16H3;1H;1H3;/q;2*-1;+2/p+1. The van der Waals surface area contributed by atoms with Crippen molar-refractivity contribution in [2.24, 2.45) is 0 Å². The summed E-state index contributed by atoms with van der Waals surface area (Å²) >= 11 is 0. The molecule has 0 fully saturated rings. The van der Waals surface area contributed by atoms with Crippen molar-refractivity contribution in [3.8, 4) is 68.2 Å². The normalized spacial score (nSPS) is 12.7. The fourth-order valence-corrected chi connectivity index (χ4v) is 7.86. The molecule has 4 aromatic rings. The molecule has 0 aliphatic carbocycles. The quantitative estimate of drug-likeness (QED) is 0.0841. The number of aromatic hydroxyl groups is 1. The van der Waals surface area contributed by atoms with E-state index in [0.29, 0.717) is 51.4 Å². The molecule has 9 nitrogen and oxygen atoms in total. The molecule has 1 radical (unpaired) electrons. The number of ether oxygens (including phenoxy) is 4. The van der Waals surface area contributed by atoms with Crippen LogP contribution in [0.1, 0.15) is 105 Å². The maximum absolute atomic E-state index is 12.0. The summed E-state index contributed by atoms with van der Waals surface area (Å²) in [6, 6.07) is 15.6. The van der Waals surface area contributed by atoms with Crippen molar-refractivity contribution in [3.63, 3.8) is 0 Å². The number of fused-ring (bicyclic) bond motifs is 3. The molecule has 0 amide bonds. The summed E-state index contributed by atoms with van der Waals surface area (Å²) in [5, 5.41) is 12.0. The minimum atomic E-state index is -2.69. The van der Waals surface area contributed by atoms with Gasteiger partial charge in [-0.15, -0.1) is 0 Å². The molecule has 4 aromatic carbocycles. The molecule has 1 heterocycles. The Morgan fingerprint density at radius 2 is 0.789 bits per heavy atom. The van der Waals surface area contributed by atoms with Gasteiger partial charge in [-0.25, -0.2) is 0 Å². The third-order valence-corrected chi connectivity index (χ3v) is 10.7. The van der Waals surface area contributed by atoms with Gasteiger partial charge in [-0.2, -0.15) is 0 Å². The summed E-state index contributed by atoms with van der Waals surface area (Å²) in [5.41, 5.74) is 4.83. The number of carbonyl (C=O) groups excluding carboxylic acids is 1. The summed E-state index contributed by atoms with van der Waals surface area (Å²) in [6.45, 7) is 28.7. The van der Waals surface area contributed by atoms with Crippen LogP contribution < -0.4 is 32.5 Å². The van der Waals surface area contributed by atoms with E-state index < -0.39 is 14.0 Å². The fraction of sp³-hybridized carbons (Fsp3) is 0.435. The van der Waals surface area contributed by atoms with Crippen molar-refractivity contribution >= 4 is 15.4 Å². The van der Waals surface area contributed by atoms with Gasteiger partial charge in [-0.3, -0.25) is 20.4 Å². The van der Waals surface area contributed by atoms with E-state index in [2.05, 4.69) is 89.9 Å². The summed E-state index contributed by atoms with van der Waals surface area (Å²) in [4.78, 5) is 7.75. The van der Waals surface area contributed by atoms with E-state index in [0.717, 1.165) is 33.4 Å². The van der Waals surface area contributed by atoms with Crippen molar-refractivity contribution in [2.45, 2.75) is 105 Å². The third-order valence-electron chi connectivity index (χ3n) is 9.58. The van der Waals surface area contributed by atoms with Crippen molar-refractivity contribution < 1.29 is 61.9 Å². The van der Waals surface area contributed by atoms with Crippen molar-refractivity contribution in [1.82, 2.24) is 0 Å². The second kappa shape index (κ2) is 18.3. The molecule has 1 aliphatic heterocycles. The number of hydrogen-bond acceptors (Lipinski definition) is 9. The molecular weight excluding hydrogens is 830 g/mol. The maximum Gasteiger partial charge on any atom is 2.00 e. The van der Waals surface area contributed by atoms with Crippen LogP contribution >= 0.6 is 8.60 Å². The number of rotatable bonds is 7. The number of phenolic OH excluding ortho intramolecular Hbond substituents is 1. The second-order valence-corrected chi connectivity index (χ2v) is 18.9. The SMILES string of the molecule is COc1cc(-c2cc(OC)cc(C(C)(C)C)c2O[PH+]2Oc3c(cc(OC)cc3C(C)(C)C)-c3cc(OC)cc(C(C)(C)C)c3O2)c(O)c(C(C)(C)C)c1.[CH-]=O.[CH3-].[Rh+2]. The molecule has 57 heavy (non-hydrogen) atoms. The zero-order valence-electron chi connectivity index (χ0n) is 36.7. The van der Waals surface area contributed by atoms with E-state index in [1.807, 2.05) is 48.5 Å². The molecule has 1 N–H and O–H groups in total. The number of methoxy groups -OCH3 is 4. The minimum Gasteiger partial charge on any atom is -0.545 e. The molecule has 313 valence electrons. The fourth-order valence-electron chi connectivity index (χ4n) is 6.58. The van der Waals surface area contributed by atoms with Crippen LogP contribution in [0.3, 0.4) is 0 Å². The molecule has 0 bridgehead atoms. The van der Waals surface area contributed by atoms with Gasteiger partial charge in [0.2, 0.25) is 0 Å². The first kappa shape index (κ1) is 49.2. The van der Waals surface area contributed by atoms with Gasteiger partial charge in [0.1, 0.15) is 28.7 Å². The van der Waals surface area contributed by atoms with E-state index >= 15 is 0 Å². The van der Waals surface area contributed by atoms with Crippen LogP contribution in [-0.2, 0) is 45.9 Å². The molecule has 0 spiro atoms. The van der Waals surface area contributed by atoms with Crippen molar-refractivity contribution in [2.75, 3.05) is 28.4 Å². The second-order valence-electron chi connectivity index (χ2n) is 17.8. The number of phenols is 1. The van der Waals surface area contributed by atoms with Crippen LogP contribution in [-0.4, -0.2) is 40.3 Å². The number of hydrogen-bond donors (Lipinski definition) is 1. The van der Waals surface area contributed by atoms with Crippen molar-refractivity contribution in [3.05, 3.63) is 78.2 Å². The molecular formula is C46H62O9PRh+. The third kappa shape index (κ3) is 10.4. The molecule has 0 unspecified atom stereocenters. The predicted octanol–water partition coefficient (Wildman–Crippen LogP) is 11.9. The van der Waals surface area contributed by atoms with Crippen molar-refractivity contribution in [1.29, 1.82) is 0 Å². The number of benzene rings is 4. The Morgan fingerprint density at radius 3 is 1.12 bits per heavy atom. The molecule has 0 saturated heterocycles. The first-order chi connectivity index (χ1) is 25.5. The first-order valence-corrected chi connectivity index (χ1v) is 19.5. The molecule has 11 heteroatoms. The van der Waals surface area contributed by atoms with Gasteiger partial charge >= 0.3 is 28.1 Å².